The normalized spacial score (nSPS) is 12.0. The van der Waals surface area contributed by atoms with Crippen LogP contribution in [0.15, 0.2) is 18.2 Å². The molecule has 0 aliphatic heterocycles. The lowest BCUT2D eigenvalue weighted by Gasteiger charge is -2.22. The van der Waals surface area contributed by atoms with Crippen LogP contribution in [-0.4, -0.2) is 23.2 Å². The fourth-order valence-electron chi connectivity index (χ4n) is 1.12. The van der Waals surface area contributed by atoms with Crippen molar-refractivity contribution in [3.63, 3.8) is 0 Å². The fraction of sp³-hybridized carbons (Fsp3) is 0.417. The van der Waals surface area contributed by atoms with Gasteiger partial charge in [-0.25, -0.2) is 0 Å². The second-order valence-electron chi connectivity index (χ2n) is 4.31. The summed E-state index contributed by atoms with van der Waals surface area (Å²) in [6.07, 6.45) is 3.27. The maximum Gasteiger partial charge on any atom is 0.244 e. The zero-order chi connectivity index (χ0) is 12.2. The van der Waals surface area contributed by atoms with Crippen molar-refractivity contribution in [3.05, 3.63) is 28.0 Å². The third-order valence-corrected chi connectivity index (χ3v) is 2.98. The highest BCUT2D eigenvalue weighted by atomic mass is 32.1. The van der Waals surface area contributed by atoms with E-state index in [0.29, 0.717) is 0 Å². The standard InChI is InChI=1S/C12H17NO2S/c1-9-4-5-10(16-9)6-7-11(15)13-12(2,3)8-14/h4-7,14H,8H2,1-3H3,(H,13,15)/b7-6+. The maximum atomic E-state index is 11.5. The first-order valence-corrected chi connectivity index (χ1v) is 5.92. The van der Waals surface area contributed by atoms with Gasteiger partial charge in [-0.15, -0.1) is 11.3 Å². The Morgan fingerprint density at radius 3 is 2.75 bits per heavy atom. The van der Waals surface area contributed by atoms with Gasteiger partial charge in [-0.3, -0.25) is 4.79 Å². The predicted octanol–water partition coefficient (Wildman–Crippen LogP) is 1.96. The molecule has 0 radical (unpaired) electrons. The third kappa shape index (κ3) is 4.16. The smallest absolute Gasteiger partial charge is 0.244 e. The molecule has 1 aromatic heterocycles. The highest BCUT2D eigenvalue weighted by Gasteiger charge is 2.17. The summed E-state index contributed by atoms with van der Waals surface area (Å²) in [5, 5.41) is 11.7. The topological polar surface area (TPSA) is 49.3 Å². The van der Waals surface area contributed by atoms with Crippen molar-refractivity contribution < 1.29 is 9.90 Å². The van der Waals surface area contributed by atoms with E-state index in [1.807, 2.05) is 19.1 Å². The van der Waals surface area contributed by atoms with Gasteiger partial charge in [-0.1, -0.05) is 0 Å². The van der Waals surface area contributed by atoms with Crippen LogP contribution >= 0.6 is 11.3 Å². The van der Waals surface area contributed by atoms with Crippen molar-refractivity contribution in [2.75, 3.05) is 6.61 Å². The molecule has 1 rings (SSSR count). The zero-order valence-corrected chi connectivity index (χ0v) is 10.6. The Hall–Kier alpha value is -1.13. The number of carbonyl (C=O) groups is 1. The molecule has 0 saturated heterocycles. The molecule has 0 saturated carbocycles. The van der Waals surface area contributed by atoms with Crippen LogP contribution in [0.25, 0.3) is 6.08 Å². The summed E-state index contributed by atoms with van der Waals surface area (Å²) >= 11 is 1.64. The maximum absolute atomic E-state index is 11.5. The second kappa shape index (κ2) is 5.27. The van der Waals surface area contributed by atoms with Crippen molar-refractivity contribution in [2.45, 2.75) is 26.3 Å². The van der Waals surface area contributed by atoms with Crippen molar-refractivity contribution in [1.29, 1.82) is 0 Å². The first-order chi connectivity index (χ1) is 7.43. The van der Waals surface area contributed by atoms with Crippen molar-refractivity contribution in [3.8, 4) is 0 Å². The molecule has 1 aromatic rings. The highest BCUT2D eigenvalue weighted by molar-refractivity contribution is 7.12. The molecule has 3 nitrogen and oxygen atoms in total. The molecule has 0 unspecified atom stereocenters. The lowest BCUT2D eigenvalue weighted by atomic mass is 10.1. The van der Waals surface area contributed by atoms with Crippen LogP contribution in [0.1, 0.15) is 23.6 Å². The minimum Gasteiger partial charge on any atom is -0.394 e. The zero-order valence-electron chi connectivity index (χ0n) is 9.78. The van der Waals surface area contributed by atoms with Crippen LogP contribution in [0, 0.1) is 6.92 Å². The summed E-state index contributed by atoms with van der Waals surface area (Å²) in [6, 6.07) is 3.99. The molecule has 2 N–H and O–H groups in total. The molecule has 0 aliphatic rings. The predicted molar refractivity (Wildman–Crippen MR) is 67.4 cm³/mol. The van der Waals surface area contributed by atoms with Gasteiger partial charge in [0.15, 0.2) is 0 Å². The average Bonchev–Trinajstić information content (AvgIpc) is 2.61. The minimum absolute atomic E-state index is 0.0787. The molecule has 88 valence electrons. The lowest BCUT2D eigenvalue weighted by molar-refractivity contribution is -0.118. The highest BCUT2D eigenvalue weighted by Crippen LogP contribution is 2.16. The molecular formula is C12H17NO2S. The number of amides is 1. The van der Waals surface area contributed by atoms with Gasteiger partial charge in [0.1, 0.15) is 0 Å². The first kappa shape index (κ1) is 12.9. The van der Waals surface area contributed by atoms with Crippen LogP contribution in [-0.2, 0) is 4.79 Å². The lowest BCUT2D eigenvalue weighted by Crippen LogP contribution is -2.45. The van der Waals surface area contributed by atoms with Gasteiger partial charge < -0.3 is 10.4 Å². The quantitative estimate of drug-likeness (QED) is 0.789. The number of aliphatic hydroxyl groups is 1. The summed E-state index contributed by atoms with van der Waals surface area (Å²) in [7, 11) is 0. The van der Waals surface area contributed by atoms with Gasteiger partial charge in [0.05, 0.1) is 12.1 Å². The average molecular weight is 239 g/mol. The molecule has 0 aliphatic carbocycles. The Balaban J connectivity index is 2.55. The molecule has 4 heteroatoms. The molecule has 16 heavy (non-hydrogen) atoms. The molecule has 1 heterocycles. The Kier molecular flexibility index (Phi) is 4.26. The molecule has 0 fully saturated rings. The van der Waals surface area contributed by atoms with Crippen molar-refractivity contribution in [2.24, 2.45) is 0 Å². The van der Waals surface area contributed by atoms with Gasteiger partial charge in [0, 0.05) is 15.8 Å². The van der Waals surface area contributed by atoms with Crippen LogP contribution in [0.4, 0.5) is 0 Å². The van der Waals surface area contributed by atoms with Gasteiger partial charge in [0.25, 0.3) is 0 Å². The molecule has 0 aromatic carbocycles. The number of thiophene rings is 1. The van der Waals surface area contributed by atoms with E-state index in [0.717, 1.165) is 4.88 Å². The van der Waals surface area contributed by atoms with E-state index in [4.69, 9.17) is 5.11 Å². The Labute approximate surface area is 99.8 Å². The molecule has 0 bridgehead atoms. The van der Waals surface area contributed by atoms with Gasteiger partial charge in [0.2, 0.25) is 5.91 Å². The van der Waals surface area contributed by atoms with Crippen molar-refractivity contribution in [1.82, 2.24) is 5.32 Å². The molecular weight excluding hydrogens is 222 g/mol. The van der Waals surface area contributed by atoms with E-state index in [-0.39, 0.29) is 12.5 Å². The molecule has 1 amide bonds. The van der Waals surface area contributed by atoms with E-state index in [9.17, 15) is 4.79 Å². The van der Waals surface area contributed by atoms with E-state index in [1.54, 1.807) is 31.3 Å². The SMILES string of the molecule is Cc1ccc(/C=C/C(=O)NC(C)(C)CO)s1. The number of nitrogens with one attached hydrogen (secondary N) is 1. The van der Waals surface area contributed by atoms with Gasteiger partial charge in [-0.2, -0.15) is 0 Å². The Morgan fingerprint density at radius 1 is 1.56 bits per heavy atom. The van der Waals surface area contributed by atoms with Crippen LogP contribution in [0.3, 0.4) is 0 Å². The molecule has 0 spiro atoms. The second-order valence-corrected chi connectivity index (χ2v) is 5.63. The number of aryl methyl sites for hydroxylation is 1. The third-order valence-electron chi connectivity index (χ3n) is 2.02. The van der Waals surface area contributed by atoms with Gasteiger partial charge in [-0.05, 0) is 39.0 Å². The summed E-state index contributed by atoms with van der Waals surface area (Å²) in [4.78, 5) is 13.8. The van der Waals surface area contributed by atoms with Crippen LogP contribution in [0.2, 0.25) is 0 Å². The largest absolute Gasteiger partial charge is 0.394 e. The van der Waals surface area contributed by atoms with Crippen LogP contribution in [0.5, 0.6) is 0 Å². The van der Waals surface area contributed by atoms with E-state index in [2.05, 4.69) is 5.32 Å². The van der Waals surface area contributed by atoms with Crippen molar-refractivity contribution >= 4 is 23.3 Å². The Bertz CT molecular complexity index is 393. The van der Waals surface area contributed by atoms with E-state index >= 15 is 0 Å². The van der Waals surface area contributed by atoms with Crippen LogP contribution < -0.4 is 5.32 Å². The summed E-state index contributed by atoms with van der Waals surface area (Å²) in [5.41, 5.74) is -0.577. The number of hydrogen-bond donors (Lipinski definition) is 2. The summed E-state index contributed by atoms with van der Waals surface area (Å²) < 4.78 is 0. The molecule has 0 atom stereocenters. The van der Waals surface area contributed by atoms with E-state index < -0.39 is 5.54 Å². The minimum atomic E-state index is -0.577. The van der Waals surface area contributed by atoms with E-state index in [1.165, 1.54) is 11.0 Å². The number of aliphatic hydroxyl groups excluding tert-OH is 1. The number of hydrogen-bond acceptors (Lipinski definition) is 3. The summed E-state index contributed by atoms with van der Waals surface area (Å²) in [5.74, 6) is -0.190. The number of carbonyl (C=O) groups excluding carboxylic acids is 1. The van der Waals surface area contributed by atoms with Gasteiger partial charge >= 0.3 is 0 Å². The first-order valence-electron chi connectivity index (χ1n) is 5.10. The Morgan fingerprint density at radius 2 is 2.25 bits per heavy atom. The number of rotatable bonds is 4. The summed E-state index contributed by atoms with van der Waals surface area (Å²) in [6.45, 7) is 5.49. The monoisotopic (exact) mass is 239 g/mol. The fourth-order valence-corrected chi connectivity index (χ4v) is 1.90.